The Labute approximate surface area is 60.2 Å². The maximum Gasteiger partial charge on any atom is 0.0752 e. The molecule has 0 amide bonds. The zero-order chi connectivity index (χ0) is 7.23. The first-order valence-corrected chi connectivity index (χ1v) is 3.09. The second-order valence-corrected chi connectivity index (χ2v) is 1.92. The van der Waals surface area contributed by atoms with Crippen molar-refractivity contribution in [1.29, 1.82) is 5.26 Å². The summed E-state index contributed by atoms with van der Waals surface area (Å²) in [7, 11) is 0. The molecule has 0 fully saturated rings. The molecule has 1 N–H and O–H groups in total. The fraction of sp³-hybridized carbons (Fsp3) is 0.125. The van der Waals surface area contributed by atoms with Crippen LogP contribution in [0.3, 0.4) is 0 Å². The van der Waals surface area contributed by atoms with E-state index in [1.165, 1.54) is 0 Å². The lowest BCUT2D eigenvalue weighted by Crippen LogP contribution is -2.02. The van der Waals surface area contributed by atoms with E-state index in [1.807, 2.05) is 30.5 Å². The molecule has 0 aromatic heterocycles. The highest BCUT2D eigenvalue weighted by Gasteiger charge is 1.90. The molecule has 1 rings (SSSR count). The molecule has 0 unspecified atom stereocenters. The van der Waals surface area contributed by atoms with Crippen molar-refractivity contribution >= 4 is 0 Å². The molecule has 0 aromatic rings. The summed E-state index contributed by atoms with van der Waals surface area (Å²) in [5.41, 5.74) is 0.938. The molecule has 0 saturated carbocycles. The van der Waals surface area contributed by atoms with Crippen LogP contribution in [0.15, 0.2) is 36.2 Å². The normalized spacial score (nSPS) is 14.9. The number of allylic oxidation sites excluding steroid dienone is 5. The lowest BCUT2D eigenvalue weighted by Gasteiger charge is -1.97. The molecule has 1 heterocycles. The van der Waals surface area contributed by atoms with Crippen molar-refractivity contribution < 1.29 is 0 Å². The predicted molar refractivity (Wildman–Crippen MR) is 39.7 cm³/mol. The molecule has 1 aliphatic rings. The van der Waals surface area contributed by atoms with Gasteiger partial charge in [0.15, 0.2) is 0 Å². The minimum Gasteiger partial charge on any atom is -0.364 e. The van der Waals surface area contributed by atoms with Crippen LogP contribution in [0.2, 0.25) is 0 Å². The van der Waals surface area contributed by atoms with E-state index in [0.29, 0.717) is 6.42 Å². The van der Waals surface area contributed by atoms with Crippen LogP contribution in [-0.2, 0) is 0 Å². The van der Waals surface area contributed by atoms with E-state index in [2.05, 4.69) is 11.4 Å². The summed E-state index contributed by atoms with van der Waals surface area (Å²) in [6, 6.07) is 2.07. The number of rotatable bonds is 1. The highest BCUT2D eigenvalue weighted by molar-refractivity contribution is 5.22. The van der Waals surface area contributed by atoms with Gasteiger partial charge in [0.25, 0.3) is 0 Å². The largest absolute Gasteiger partial charge is 0.364 e. The van der Waals surface area contributed by atoms with Crippen LogP contribution in [0.5, 0.6) is 0 Å². The topological polar surface area (TPSA) is 35.8 Å². The molecule has 0 bridgehead atoms. The van der Waals surface area contributed by atoms with Gasteiger partial charge < -0.3 is 5.32 Å². The van der Waals surface area contributed by atoms with E-state index >= 15 is 0 Å². The van der Waals surface area contributed by atoms with Crippen molar-refractivity contribution in [1.82, 2.24) is 5.32 Å². The van der Waals surface area contributed by atoms with Crippen molar-refractivity contribution in [3.05, 3.63) is 36.2 Å². The van der Waals surface area contributed by atoms with Crippen LogP contribution < -0.4 is 5.32 Å². The Hall–Kier alpha value is -1.49. The minimum atomic E-state index is 0.439. The average molecular weight is 132 g/mol. The number of hydrogen-bond acceptors (Lipinski definition) is 2. The van der Waals surface area contributed by atoms with Crippen molar-refractivity contribution in [2.75, 3.05) is 0 Å². The number of nitriles is 1. The third-order valence-corrected chi connectivity index (χ3v) is 1.15. The molecular weight excluding hydrogens is 124 g/mol. The monoisotopic (exact) mass is 132 g/mol. The summed E-state index contributed by atoms with van der Waals surface area (Å²) in [5, 5.41) is 11.3. The highest BCUT2D eigenvalue weighted by Crippen LogP contribution is 1.98. The van der Waals surface area contributed by atoms with E-state index in [0.717, 1.165) is 5.70 Å². The van der Waals surface area contributed by atoms with Crippen LogP contribution in [0.1, 0.15) is 6.42 Å². The van der Waals surface area contributed by atoms with E-state index < -0.39 is 0 Å². The summed E-state index contributed by atoms with van der Waals surface area (Å²) < 4.78 is 0. The SMILES string of the molecule is N#CCC1=CC=CC=CN1. The second-order valence-electron chi connectivity index (χ2n) is 1.92. The Kier molecular flexibility index (Phi) is 2.33. The van der Waals surface area contributed by atoms with Crippen LogP contribution in [0.4, 0.5) is 0 Å². The summed E-state index contributed by atoms with van der Waals surface area (Å²) in [5.74, 6) is 0. The fourth-order valence-corrected chi connectivity index (χ4v) is 0.690. The summed E-state index contributed by atoms with van der Waals surface area (Å²) >= 11 is 0. The molecule has 0 radical (unpaired) electrons. The maximum absolute atomic E-state index is 8.33. The zero-order valence-electron chi connectivity index (χ0n) is 5.54. The molecule has 1 aliphatic heterocycles. The molecular formula is C8H8N2. The molecule has 0 aliphatic carbocycles. The van der Waals surface area contributed by atoms with E-state index in [4.69, 9.17) is 5.26 Å². The zero-order valence-corrected chi connectivity index (χ0v) is 5.54. The molecule has 50 valence electrons. The smallest absolute Gasteiger partial charge is 0.0752 e. The van der Waals surface area contributed by atoms with Gasteiger partial charge in [0, 0.05) is 11.9 Å². The first kappa shape index (κ1) is 6.63. The van der Waals surface area contributed by atoms with Gasteiger partial charge in [-0.05, 0) is 12.2 Å². The van der Waals surface area contributed by atoms with Gasteiger partial charge >= 0.3 is 0 Å². The number of nitrogens with one attached hydrogen (secondary N) is 1. The molecule has 0 spiro atoms. The van der Waals surface area contributed by atoms with Gasteiger partial charge in [0.05, 0.1) is 12.5 Å². The van der Waals surface area contributed by atoms with Gasteiger partial charge in [-0.25, -0.2) is 0 Å². The average Bonchev–Trinajstić information content (AvgIpc) is 2.17. The number of nitrogens with zero attached hydrogens (tertiary/aromatic N) is 1. The van der Waals surface area contributed by atoms with Gasteiger partial charge in [-0.2, -0.15) is 5.26 Å². The Morgan fingerprint density at radius 2 is 2.30 bits per heavy atom. The third kappa shape index (κ3) is 1.79. The molecule has 2 nitrogen and oxygen atoms in total. The lowest BCUT2D eigenvalue weighted by molar-refractivity contribution is 1.00. The second kappa shape index (κ2) is 3.52. The van der Waals surface area contributed by atoms with E-state index in [-0.39, 0.29) is 0 Å². The highest BCUT2D eigenvalue weighted by atomic mass is 14.8. The van der Waals surface area contributed by atoms with E-state index in [1.54, 1.807) is 0 Å². The van der Waals surface area contributed by atoms with Crippen molar-refractivity contribution in [2.45, 2.75) is 6.42 Å². The lowest BCUT2D eigenvalue weighted by atomic mass is 10.3. The Bertz CT molecular complexity index is 228. The van der Waals surface area contributed by atoms with Gasteiger partial charge in [0.1, 0.15) is 0 Å². The maximum atomic E-state index is 8.33. The quantitative estimate of drug-likeness (QED) is 0.586. The first-order valence-electron chi connectivity index (χ1n) is 3.09. The Morgan fingerprint density at radius 1 is 1.40 bits per heavy atom. The predicted octanol–water partition coefficient (Wildman–Crippen LogP) is 1.46. The van der Waals surface area contributed by atoms with Gasteiger partial charge in [-0.15, -0.1) is 0 Å². The standard InChI is InChI=1S/C8H8N2/c9-6-5-8-4-2-1-3-7-10-8/h1-4,7,10H,5H2. The molecule has 2 heteroatoms. The van der Waals surface area contributed by atoms with Crippen molar-refractivity contribution in [3.63, 3.8) is 0 Å². The van der Waals surface area contributed by atoms with E-state index in [9.17, 15) is 0 Å². The van der Waals surface area contributed by atoms with Crippen LogP contribution >= 0.6 is 0 Å². The van der Waals surface area contributed by atoms with Crippen molar-refractivity contribution in [2.24, 2.45) is 0 Å². The van der Waals surface area contributed by atoms with Crippen molar-refractivity contribution in [3.8, 4) is 6.07 Å². The summed E-state index contributed by atoms with van der Waals surface area (Å²) in [6.07, 6.45) is 9.85. The van der Waals surface area contributed by atoms with Crippen LogP contribution in [-0.4, -0.2) is 0 Å². The van der Waals surface area contributed by atoms with Crippen LogP contribution in [0, 0.1) is 11.3 Å². The van der Waals surface area contributed by atoms with Gasteiger partial charge in [-0.3, -0.25) is 0 Å². The molecule has 10 heavy (non-hydrogen) atoms. The Balaban J connectivity index is 2.61. The molecule has 0 saturated heterocycles. The fourth-order valence-electron chi connectivity index (χ4n) is 0.690. The summed E-state index contributed by atoms with van der Waals surface area (Å²) in [6.45, 7) is 0. The molecule has 0 aromatic carbocycles. The van der Waals surface area contributed by atoms with Gasteiger partial charge in [0.2, 0.25) is 0 Å². The third-order valence-electron chi connectivity index (χ3n) is 1.15. The number of hydrogen-bond donors (Lipinski definition) is 1. The summed E-state index contributed by atoms with van der Waals surface area (Å²) in [4.78, 5) is 0. The Morgan fingerprint density at radius 3 is 3.10 bits per heavy atom. The minimum absolute atomic E-state index is 0.439. The van der Waals surface area contributed by atoms with Gasteiger partial charge in [-0.1, -0.05) is 12.2 Å². The first-order chi connectivity index (χ1) is 4.93. The molecule has 0 atom stereocenters. The van der Waals surface area contributed by atoms with Crippen LogP contribution in [0.25, 0.3) is 0 Å².